The van der Waals surface area contributed by atoms with Gasteiger partial charge in [-0.2, -0.15) is 0 Å². The van der Waals surface area contributed by atoms with Crippen molar-refractivity contribution < 1.29 is 0 Å². The Kier molecular flexibility index (Phi) is 3.40. The van der Waals surface area contributed by atoms with Crippen molar-refractivity contribution in [2.24, 2.45) is 0 Å². The predicted octanol–water partition coefficient (Wildman–Crippen LogP) is 3.87. The van der Waals surface area contributed by atoms with Gasteiger partial charge in [0.1, 0.15) is 17.2 Å². The van der Waals surface area contributed by atoms with E-state index in [4.69, 9.17) is 11.6 Å². The molecule has 0 aliphatic rings. The van der Waals surface area contributed by atoms with E-state index in [-0.39, 0.29) is 0 Å². The van der Waals surface area contributed by atoms with E-state index >= 15 is 0 Å². The fraction of sp³-hybridized carbons (Fsp3) is 0.267. The van der Waals surface area contributed by atoms with Crippen LogP contribution < -0.4 is 0 Å². The fourth-order valence-corrected chi connectivity index (χ4v) is 2.56. The average molecular weight is 287 g/mol. The molecule has 2 heterocycles. The van der Waals surface area contributed by atoms with Crippen LogP contribution in [0.1, 0.15) is 19.2 Å². The van der Waals surface area contributed by atoms with Gasteiger partial charge in [-0.15, -0.1) is 0 Å². The molecule has 4 nitrogen and oxygen atoms in total. The Hall–Kier alpha value is -1.94. The highest BCUT2D eigenvalue weighted by atomic mass is 35.5. The number of rotatable bonds is 3. The first-order valence-electron chi connectivity index (χ1n) is 6.66. The molecule has 5 heteroatoms. The lowest BCUT2D eigenvalue weighted by molar-refractivity contribution is 0.697. The molecule has 3 rings (SSSR count). The van der Waals surface area contributed by atoms with E-state index in [1.165, 1.54) is 0 Å². The highest BCUT2D eigenvalue weighted by molar-refractivity contribution is 6.33. The molecular formula is C15H15ClN4. The molecule has 2 aromatic heterocycles. The van der Waals surface area contributed by atoms with Crippen molar-refractivity contribution in [2.45, 2.75) is 26.8 Å². The molecule has 0 atom stereocenters. The van der Waals surface area contributed by atoms with Gasteiger partial charge in [0.15, 0.2) is 10.8 Å². The summed E-state index contributed by atoms with van der Waals surface area (Å²) in [4.78, 5) is 13.3. The summed E-state index contributed by atoms with van der Waals surface area (Å²) < 4.78 is 2.12. The number of hydrogen-bond acceptors (Lipinski definition) is 3. The summed E-state index contributed by atoms with van der Waals surface area (Å²) in [5.74, 6) is 1.56. The van der Waals surface area contributed by atoms with Crippen LogP contribution in [0.2, 0.25) is 5.15 Å². The van der Waals surface area contributed by atoms with E-state index in [9.17, 15) is 0 Å². The molecule has 102 valence electrons. The summed E-state index contributed by atoms with van der Waals surface area (Å²) >= 11 is 6.21. The van der Waals surface area contributed by atoms with Crippen LogP contribution in [0, 0.1) is 6.92 Å². The zero-order valence-corrected chi connectivity index (χ0v) is 12.2. The Morgan fingerprint density at radius 2 is 1.85 bits per heavy atom. The summed E-state index contributed by atoms with van der Waals surface area (Å²) in [6, 6.07) is 10.1. The number of benzene rings is 1. The minimum absolute atomic E-state index is 0.416. The molecule has 0 radical (unpaired) electrons. The molecule has 0 aliphatic heterocycles. The lowest BCUT2D eigenvalue weighted by Gasteiger charge is -2.07. The Morgan fingerprint density at radius 3 is 2.55 bits per heavy atom. The molecule has 0 spiro atoms. The van der Waals surface area contributed by atoms with Crippen molar-refractivity contribution in [1.82, 2.24) is 19.5 Å². The summed E-state index contributed by atoms with van der Waals surface area (Å²) in [5.41, 5.74) is 2.54. The van der Waals surface area contributed by atoms with E-state index in [2.05, 4.69) is 26.4 Å². The Bertz CT molecular complexity index is 749. The highest BCUT2D eigenvalue weighted by Gasteiger charge is 2.16. The molecule has 3 aromatic rings. The van der Waals surface area contributed by atoms with Crippen molar-refractivity contribution in [3.05, 3.63) is 41.3 Å². The maximum atomic E-state index is 6.21. The predicted molar refractivity (Wildman–Crippen MR) is 80.8 cm³/mol. The summed E-state index contributed by atoms with van der Waals surface area (Å²) in [6.45, 7) is 4.83. The van der Waals surface area contributed by atoms with E-state index in [1.54, 1.807) is 0 Å². The molecule has 20 heavy (non-hydrogen) atoms. The second-order valence-corrected chi connectivity index (χ2v) is 5.04. The molecule has 0 fully saturated rings. The third kappa shape index (κ3) is 2.16. The first kappa shape index (κ1) is 13.1. The zero-order valence-electron chi connectivity index (χ0n) is 11.5. The van der Waals surface area contributed by atoms with Gasteiger partial charge in [0.2, 0.25) is 0 Å². The van der Waals surface area contributed by atoms with Crippen LogP contribution in [0.4, 0.5) is 0 Å². The summed E-state index contributed by atoms with van der Waals surface area (Å²) in [7, 11) is 0. The van der Waals surface area contributed by atoms with E-state index in [0.717, 1.165) is 30.0 Å². The van der Waals surface area contributed by atoms with Gasteiger partial charge in [-0.05, 0) is 13.3 Å². The number of aryl methyl sites for hydroxylation is 2. The molecule has 0 amide bonds. The standard InChI is InChI=1S/C15H15ClN4/c1-3-9-20-14(11-7-5-4-6-8-11)19-12-13(16)17-10(2)18-15(12)20/h4-8H,3,9H2,1-2H3. The average Bonchev–Trinajstić information content (AvgIpc) is 2.80. The van der Waals surface area contributed by atoms with Crippen LogP contribution in [0.3, 0.4) is 0 Å². The SMILES string of the molecule is CCCn1c(-c2ccccc2)nc2c(Cl)nc(C)nc21. The van der Waals surface area contributed by atoms with Crippen LogP contribution in [-0.4, -0.2) is 19.5 Å². The van der Waals surface area contributed by atoms with Crippen molar-refractivity contribution in [3.63, 3.8) is 0 Å². The number of fused-ring (bicyclic) bond motifs is 1. The molecule has 1 aromatic carbocycles. The van der Waals surface area contributed by atoms with Crippen molar-refractivity contribution >= 4 is 22.8 Å². The molecular weight excluding hydrogens is 272 g/mol. The normalized spacial score (nSPS) is 11.2. The lowest BCUT2D eigenvalue weighted by atomic mass is 10.2. The quantitative estimate of drug-likeness (QED) is 0.687. The topological polar surface area (TPSA) is 43.6 Å². The minimum atomic E-state index is 0.416. The first-order valence-corrected chi connectivity index (χ1v) is 7.04. The molecule has 0 bridgehead atoms. The fourth-order valence-electron chi connectivity index (χ4n) is 2.31. The van der Waals surface area contributed by atoms with Crippen LogP contribution in [0.25, 0.3) is 22.6 Å². The molecule has 0 saturated carbocycles. The minimum Gasteiger partial charge on any atom is -0.309 e. The Labute approximate surface area is 122 Å². The van der Waals surface area contributed by atoms with Gasteiger partial charge < -0.3 is 4.57 Å². The number of hydrogen-bond donors (Lipinski definition) is 0. The number of imidazole rings is 1. The van der Waals surface area contributed by atoms with Crippen LogP contribution in [0.15, 0.2) is 30.3 Å². The Balaban J connectivity index is 2.32. The largest absolute Gasteiger partial charge is 0.309 e. The van der Waals surface area contributed by atoms with Gasteiger partial charge in [-0.25, -0.2) is 15.0 Å². The van der Waals surface area contributed by atoms with E-state index < -0.39 is 0 Å². The second kappa shape index (κ2) is 5.21. The van der Waals surface area contributed by atoms with Crippen LogP contribution in [0.5, 0.6) is 0 Å². The summed E-state index contributed by atoms with van der Waals surface area (Å²) in [5, 5.41) is 0.416. The van der Waals surface area contributed by atoms with Gasteiger partial charge in [-0.3, -0.25) is 0 Å². The van der Waals surface area contributed by atoms with Gasteiger partial charge >= 0.3 is 0 Å². The Morgan fingerprint density at radius 1 is 1.10 bits per heavy atom. The van der Waals surface area contributed by atoms with Crippen LogP contribution >= 0.6 is 11.6 Å². The maximum absolute atomic E-state index is 6.21. The summed E-state index contributed by atoms with van der Waals surface area (Å²) in [6.07, 6.45) is 1.01. The third-order valence-electron chi connectivity index (χ3n) is 3.14. The number of nitrogens with zero attached hydrogens (tertiary/aromatic N) is 4. The zero-order chi connectivity index (χ0) is 14.1. The molecule has 0 saturated heterocycles. The second-order valence-electron chi connectivity index (χ2n) is 4.69. The smallest absolute Gasteiger partial charge is 0.165 e. The van der Waals surface area contributed by atoms with Gasteiger partial charge in [0, 0.05) is 12.1 Å². The molecule has 0 aliphatic carbocycles. The highest BCUT2D eigenvalue weighted by Crippen LogP contribution is 2.27. The van der Waals surface area contributed by atoms with Gasteiger partial charge in [-0.1, -0.05) is 48.9 Å². The van der Waals surface area contributed by atoms with E-state index in [1.807, 2.05) is 37.3 Å². The van der Waals surface area contributed by atoms with Gasteiger partial charge in [0.05, 0.1) is 0 Å². The first-order chi connectivity index (χ1) is 9.70. The van der Waals surface area contributed by atoms with Crippen molar-refractivity contribution in [3.8, 4) is 11.4 Å². The molecule has 0 unspecified atom stereocenters. The monoisotopic (exact) mass is 286 g/mol. The maximum Gasteiger partial charge on any atom is 0.165 e. The number of aromatic nitrogens is 4. The van der Waals surface area contributed by atoms with Gasteiger partial charge in [0.25, 0.3) is 0 Å². The van der Waals surface area contributed by atoms with Crippen LogP contribution in [-0.2, 0) is 6.54 Å². The number of halogens is 1. The van der Waals surface area contributed by atoms with Crippen molar-refractivity contribution in [1.29, 1.82) is 0 Å². The van der Waals surface area contributed by atoms with Crippen molar-refractivity contribution in [2.75, 3.05) is 0 Å². The molecule has 0 N–H and O–H groups in total. The lowest BCUT2D eigenvalue weighted by Crippen LogP contribution is -2.02. The third-order valence-corrected chi connectivity index (χ3v) is 3.41. The van der Waals surface area contributed by atoms with E-state index in [0.29, 0.717) is 16.5 Å².